The van der Waals surface area contributed by atoms with Crippen molar-refractivity contribution in [1.82, 2.24) is 4.98 Å². The summed E-state index contributed by atoms with van der Waals surface area (Å²) in [6.07, 6.45) is 1.25. The minimum Gasteiger partial charge on any atom is -0.327 e. The van der Waals surface area contributed by atoms with Crippen molar-refractivity contribution in [2.24, 2.45) is 5.73 Å². The minimum absolute atomic E-state index is 0.0255. The molecule has 0 radical (unpaired) electrons. The summed E-state index contributed by atoms with van der Waals surface area (Å²) in [5.41, 5.74) is 6.46. The first-order valence-electron chi connectivity index (χ1n) is 4.49. The van der Waals surface area contributed by atoms with Gasteiger partial charge in [0.2, 0.25) is 0 Å². The number of aromatic nitrogens is 1. The van der Waals surface area contributed by atoms with E-state index in [0.717, 1.165) is 5.69 Å². The summed E-state index contributed by atoms with van der Waals surface area (Å²) in [6.45, 7) is 3.81. The first-order valence-corrected chi connectivity index (χ1v) is 5.28. The van der Waals surface area contributed by atoms with Crippen LogP contribution in [0.25, 0.3) is 0 Å². The van der Waals surface area contributed by atoms with Crippen molar-refractivity contribution < 1.29 is 4.92 Å². The second-order valence-electron chi connectivity index (χ2n) is 3.47. The van der Waals surface area contributed by atoms with E-state index in [0.29, 0.717) is 4.47 Å². The molecule has 6 heteroatoms. The second kappa shape index (κ2) is 4.67. The zero-order valence-corrected chi connectivity index (χ0v) is 10.1. The molecule has 2 atom stereocenters. The molecule has 0 saturated carbocycles. The summed E-state index contributed by atoms with van der Waals surface area (Å²) in [5.74, 6) is 0.0557. The van der Waals surface area contributed by atoms with E-state index >= 15 is 0 Å². The molecule has 2 unspecified atom stereocenters. The summed E-state index contributed by atoms with van der Waals surface area (Å²) < 4.78 is 0.626. The van der Waals surface area contributed by atoms with Crippen molar-refractivity contribution >= 4 is 21.6 Å². The van der Waals surface area contributed by atoms with E-state index in [-0.39, 0.29) is 17.6 Å². The highest BCUT2D eigenvalue weighted by Crippen LogP contribution is 2.27. The molecule has 0 aliphatic heterocycles. The molecule has 2 N–H and O–H groups in total. The van der Waals surface area contributed by atoms with Crippen LogP contribution in [-0.4, -0.2) is 15.9 Å². The fourth-order valence-corrected chi connectivity index (χ4v) is 1.82. The SMILES string of the molecule is CC(N)C(C)c1ncc([N+](=O)[O-])cc1Br. The lowest BCUT2D eigenvalue weighted by Gasteiger charge is -2.15. The fourth-order valence-electron chi connectivity index (χ4n) is 1.12. The van der Waals surface area contributed by atoms with Crippen molar-refractivity contribution in [2.75, 3.05) is 0 Å². The highest BCUT2D eigenvalue weighted by molar-refractivity contribution is 9.10. The maximum absolute atomic E-state index is 10.5. The third-order valence-electron chi connectivity index (χ3n) is 2.29. The molecule has 1 rings (SSSR count). The highest BCUT2D eigenvalue weighted by Gasteiger charge is 2.17. The van der Waals surface area contributed by atoms with Gasteiger partial charge in [0.25, 0.3) is 5.69 Å². The highest BCUT2D eigenvalue weighted by atomic mass is 79.9. The quantitative estimate of drug-likeness (QED) is 0.676. The van der Waals surface area contributed by atoms with E-state index in [1.54, 1.807) is 0 Å². The maximum atomic E-state index is 10.5. The van der Waals surface area contributed by atoms with Crippen LogP contribution in [0.4, 0.5) is 5.69 Å². The first-order chi connectivity index (χ1) is 6.93. The molecule has 82 valence electrons. The molecule has 0 aromatic carbocycles. The Morgan fingerprint density at radius 2 is 2.20 bits per heavy atom. The van der Waals surface area contributed by atoms with Crippen molar-refractivity contribution in [1.29, 1.82) is 0 Å². The zero-order chi connectivity index (χ0) is 11.6. The topological polar surface area (TPSA) is 82.0 Å². The van der Waals surface area contributed by atoms with E-state index in [1.807, 2.05) is 13.8 Å². The Morgan fingerprint density at radius 3 is 2.60 bits per heavy atom. The van der Waals surface area contributed by atoms with Crippen LogP contribution in [0.2, 0.25) is 0 Å². The Morgan fingerprint density at radius 1 is 1.60 bits per heavy atom. The number of hydrogen-bond acceptors (Lipinski definition) is 4. The molecule has 0 saturated heterocycles. The van der Waals surface area contributed by atoms with Crippen LogP contribution in [0.15, 0.2) is 16.7 Å². The van der Waals surface area contributed by atoms with Crippen molar-refractivity contribution in [2.45, 2.75) is 25.8 Å². The Hall–Kier alpha value is -1.01. The molecule has 1 heterocycles. The predicted molar refractivity (Wildman–Crippen MR) is 60.7 cm³/mol. The normalized spacial score (nSPS) is 14.7. The van der Waals surface area contributed by atoms with Gasteiger partial charge in [0.15, 0.2) is 0 Å². The Kier molecular flexibility index (Phi) is 3.76. The Balaban J connectivity index is 3.08. The van der Waals surface area contributed by atoms with Crippen LogP contribution in [0.3, 0.4) is 0 Å². The number of rotatable bonds is 3. The van der Waals surface area contributed by atoms with Crippen LogP contribution in [-0.2, 0) is 0 Å². The summed E-state index contributed by atoms with van der Waals surface area (Å²) in [6, 6.07) is 1.40. The molecule has 0 bridgehead atoms. The van der Waals surface area contributed by atoms with Gasteiger partial charge >= 0.3 is 0 Å². The average Bonchev–Trinajstić information content (AvgIpc) is 2.16. The van der Waals surface area contributed by atoms with Crippen LogP contribution >= 0.6 is 15.9 Å². The van der Waals surface area contributed by atoms with Crippen molar-refractivity contribution in [3.63, 3.8) is 0 Å². The molecule has 15 heavy (non-hydrogen) atoms. The number of pyridine rings is 1. The minimum atomic E-state index is -0.474. The lowest BCUT2D eigenvalue weighted by atomic mass is 10.00. The molecule has 0 amide bonds. The van der Waals surface area contributed by atoms with E-state index in [2.05, 4.69) is 20.9 Å². The summed E-state index contributed by atoms with van der Waals surface area (Å²) in [5, 5.41) is 10.5. The molecular formula is C9H12BrN3O2. The Bertz CT molecular complexity index is 382. The van der Waals surface area contributed by atoms with Gasteiger partial charge in [0, 0.05) is 22.5 Å². The summed E-state index contributed by atoms with van der Waals surface area (Å²) in [4.78, 5) is 14.1. The van der Waals surface area contributed by atoms with Gasteiger partial charge in [-0.1, -0.05) is 6.92 Å². The van der Waals surface area contributed by atoms with E-state index in [4.69, 9.17) is 5.73 Å². The van der Waals surface area contributed by atoms with Crippen molar-refractivity contribution in [3.8, 4) is 0 Å². The smallest absolute Gasteiger partial charge is 0.288 e. The third kappa shape index (κ3) is 2.73. The van der Waals surface area contributed by atoms with Gasteiger partial charge < -0.3 is 5.73 Å². The van der Waals surface area contributed by atoms with Crippen molar-refractivity contribution in [3.05, 3.63) is 32.5 Å². The predicted octanol–water partition coefficient (Wildman–Crippen LogP) is 2.20. The lowest BCUT2D eigenvalue weighted by molar-refractivity contribution is -0.385. The first kappa shape index (κ1) is 12.1. The van der Waals surface area contributed by atoms with Crippen LogP contribution in [0.5, 0.6) is 0 Å². The molecule has 0 fully saturated rings. The van der Waals surface area contributed by atoms with E-state index in [9.17, 15) is 10.1 Å². The van der Waals surface area contributed by atoms with Crippen LogP contribution in [0, 0.1) is 10.1 Å². The largest absolute Gasteiger partial charge is 0.327 e. The molecule has 1 aromatic rings. The Labute approximate surface area is 96.0 Å². The van der Waals surface area contributed by atoms with Gasteiger partial charge in [-0.2, -0.15) is 0 Å². The van der Waals surface area contributed by atoms with Crippen LogP contribution in [0.1, 0.15) is 25.5 Å². The van der Waals surface area contributed by atoms with Gasteiger partial charge in [-0.15, -0.1) is 0 Å². The van der Waals surface area contributed by atoms with E-state index < -0.39 is 4.92 Å². The fraction of sp³-hybridized carbons (Fsp3) is 0.444. The standard InChI is InChI=1S/C9H12BrN3O2/c1-5(6(2)11)9-8(10)3-7(4-12-9)13(14)15/h3-6H,11H2,1-2H3. The number of nitrogens with two attached hydrogens (primary N) is 1. The van der Waals surface area contributed by atoms with Gasteiger partial charge in [0.05, 0.1) is 10.6 Å². The number of halogens is 1. The molecular weight excluding hydrogens is 262 g/mol. The average molecular weight is 274 g/mol. The maximum Gasteiger partial charge on any atom is 0.288 e. The van der Waals surface area contributed by atoms with Crippen LogP contribution < -0.4 is 5.73 Å². The summed E-state index contributed by atoms with van der Waals surface area (Å²) >= 11 is 3.26. The molecule has 0 spiro atoms. The molecule has 5 nitrogen and oxygen atoms in total. The van der Waals surface area contributed by atoms with Gasteiger partial charge in [-0.25, -0.2) is 0 Å². The summed E-state index contributed by atoms with van der Waals surface area (Å²) in [7, 11) is 0. The molecule has 0 aliphatic rings. The van der Waals surface area contributed by atoms with E-state index in [1.165, 1.54) is 12.3 Å². The van der Waals surface area contributed by atoms with Gasteiger partial charge in [0.1, 0.15) is 6.20 Å². The second-order valence-corrected chi connectivity index (χ2v) is 4.32. The molecule has 0 aliphatic carbocycles. The number of hydrogen-bond donors (Lipinski definition) is 1. The van der Waals surface area contributed by atoms with Gasteiger partial charge in [-0.3, -0.25) is 15.1 Å². The van der Waals surface area contributed by atoms with Gasteiger partial charge in [-0.05, 0) is 22.9 Å². The monoisotopic (exact) mass is 273 g/mol. The third-order valence-corrected chi connectivity index (χ3v) is 2.92. The zero-order valence-electron chi connectivity index (χ0n) is 8.48. The number of nitro groups is 1. The molecule has 1 aromatic heterocycles. The lowest BCUT2D eigenvalue weighted by Crippen LogP contribution is -2.23. The number of nitrogens with zero attached hydrogens (tertiary/aromatic N) is 2.